The van der Waals surface area contributed by atoms with Crippen LogP contribution in [0.25, 0.3) is 22.2 Å². The predicted octanol–water partition coefficient (Wildman–Crippen LogP) is 2.90. The van der Waals surface area contributed by atoms with E-state index >= 15 is 0 Å². The van der Waals surface area contributed by atoms with Crippen LogP contribution < -0.4 is 0 Å². The van der Waals surface area contributed by atoms with E-state index in [2.05, 4.69) is 22.1 Å². The Labute approximate surface area is 93.6 Å². The van der Waals surface area contributed by atoms with Crippen molar-refractivity contribution in [3.63, 3.8) is 0 Å². The number of hydrogen-bond acceptors (Lipinski definition) is 2. The van der Waals surface area contributed by atoms with Gasteiger partial charge in [0.2, 0.25) is 0 Å². The summed E-state index contributed by atoms with van der Waals surface area (Å²) >= 11 is 0. The normalized spacial score (nSPS) is 10.0. The molecular weight excluding hydrogens is 196 g/mol. The Morgan fingerprint density at radius 3 is 2.75 bits per heavy atom. The second kappa shape index (κ2) is 3.63. The number of hydrogen-bond donors (Lipinski definition) is 0. The molecule has 16 heavy (non-hydrogen) atoms. The maximum absolute atomic E-state index is 4.33. The largest absolute Gasteiger partial charge is 0.236 e. The van der Waals surface area contributed by atoms with Gasteiger partial charge in [-0.1, -0.05) is 30.3 Å². The highest BCUT2D eigenvalue weighted by Crippen LogP contribution is 2.23. The number of rotatable bonds is 1. The number of nitrogens with zero attached hydrogens (tertiary/aromatic N) is 2. The van der Waals surface area contributed by atoms with E-state index in [1.165, 1.54) is 0 Å². The van der Waals surface area contributed by atoms with Crippen molar-refractivity contribution in [2.45, 2.75) is 0 Å². The van der Waals surface area contributed by atoms with Crippen LogP contribution in [0.15, 0.2) is 48.8 Å². The first-order valence-electron chi connectivity index (χ1n) is 5.03. The zero-order chi connectivity index (χ0) is 10.8. The summed E-state index contributed by atoms with van der Waals surface area (Å²) in [6, 6.07) is 19.5. The minimum atomic E-state index is 0.941. The standard InChI is InChI=1S/C14H8N2/c1-2-6-11(7-3-1)14-12-8-4-5-9-13(12)15-10-16-14/h2,4-10H. The van der Waals surface area contributed by atoms with E-state index in [1.807, 2.05) is 42.5 Å². The van der Waals surface area contributed by atoms with Gasteiger partial charge in [0.1, 0.15) is 6.33 Å². The highest BCUT2D eigenvalue weighted by molar-refractivity contribution is 5.91. The Bertz CT molecular complexity index is 612. The molecule has 0 radical (unpaired) electrons. The molecule has 2 nitrogen and oxygen atoms in total. The molecule has 0 saturated carbocycles. The predicted molar refractivity (Wildman–Crippen MR) is 62.6 cm³/mol. The smallest absolute Gasteiger partial charge is 0.116 e. The molecule has 3 rings (SSSR count). The van der Waals surface area contributed by atoms with Crippen molar-refractivity contribution < 1.29 is 0 Å². The summed E-state index contributed by atoms with van der Waals surface area (Å²) in [5.41, 5.74) is 2.94. The molecule has 1 aromatic heterocycles. The highest BCUT2D eigenvalue weighted by atomic mass is 14.8. The molecule has 3 aromatic rings. The van der Waals surface area contributed by atoms with E-state index < -0.39 is 0 Å². The highest BCUT2D eigenvalue weighted by Gasteiger charge is 2.04. The van der Waals surface area contributed by atoms with Crippen molar-refractivity contribution in [1.29, 1.82) is 0 Å². The third kappa shape index (κ3) is 1.39. The lowest BCUT2D eigenvalue weighted by Gasteiger charge is -2.03. The Hall–Kier alpha value is -2.40. The Morgan fingerprint density at radius 2 is 1.88 bits per heavy atom. The summed E-state index contributed by atoms with van der Waals surface area (Å²) in [5.74, 6) is 0. The lowest BCUT2D eigenvalue weighted by atomic mass is 10.1. The minimum absolute atomic E-state index is 0.941. The maximum atomic E-state index is 4.33. The van der Waals surface area contributed by atoms with Gasteiger partial charge in [-0.2, -0.15) is 0 Å². The van der Waals surface area contributed by atoms with Crippen LogP contribution in [0.1, 0.15) is 0 Å². The van der Waals surface area contributed by atoms with E-state index in [0.717, 1.165) is 22.2 Å². The lowest BCUT2D eigenvalue weighted by Crippen LogP contribution is -1.87. The summed E-state index contributed by atoms with van der Waals surface area (Å²) in [6.45, 7) is 0. The number of fused-ring (bicyclic) bond motifs is 1. The van der Waals surface area contributed by atoms with Gasteiger partial charge in [-0.15, -0.1) is 0 Å². The van der Waals surface area contributed by atoms with E-state index in [1.54, 1.807) is 6.33 Å². The van der Waals surface area contributed by atoms with Gasteiger partial charge in [-0.05, 0) is 24.3 Å². The molecule has 2 heteroatoms. The van der Waals surface area contributed by atoms with Gasteiger partial charge in [-0.25, -0.2) is 9.97 Å². The molecule has 0 unspecified atom stereocenters. The third-order valence-electron chi connectivity index (χ3n) is 2.47. The molecule has 0 saturated heterocycles. The van der Waals surface area contributed by atoms with Crippen LogP contribution in [-0.4, -0.2) is 9.97 Å². The first kappa shape index (κ1) is 8.87. The van der Waals surface area contributed by atoms with Crippen LogP contribution in [-0.2, 0) is 0 Å². The SMILES string of the molecule is c1ccc(-c2ncnc3ccccc23)cc#1. The summed E-state index contributed by atoms with van der Waals surface area (Å²) in [6.07, 6.45) is 1.59. The van der Waals surface area contributed by atoms with Crippen molar-refractivity contribution in [3.8, 4) is 11.3 Å². The molecule has 74 valence electrons. The first-order chi connectivity index (χ1) is 7.95. The molecule has 0 fully saturated rings. The van der Waals surface area contributed by atoms with Crippen molar-refractivity contribution in [3.05, 3.63) is 60.9 Å². The molecule has 0 aliphatic heterocycles. The van der Waals surface area contributed by atoms with Crippen LogP contribution >= 0.6 is 0 Å². The molecule has 0 bridgehead atoms. The van der Waals surface area contributed by atoms with Crippen LogP contribution in [0.3, 0.4) is 0 Å². The summed E-state index contributed by atoms with van der Waals surface area (Å²) in [5, 5.41) is 1.06. The van der Waals surface area contributed by atoms with Gasteiger partial charge >= 0.3 is 0 Å². The average Bonchev–Trinajstić information content (AvgIpc) is 2.39. The molecule has 0 atom stereocenters. The lowest BCUT2D eigenvalue weighted by molar-refractivity contribution is 1.22. The maximum Gasteiger partial charge on any atom is 0.116 e. The number of para-hydroxylation sites is 1. The summed E-state index contributed by atoms with van der Waals surface area (Å²) in [4.78, 5) is 8.57. The van der Waals surface area contributed by atoms with Crippen LogP contribution in [0.5, 0.6) is 0 Å². The Balaban J connectivity index is 2.32. The molecule has 0 spiro atoms. The number of aromatic nitrogens is 2. The van der Waals surface area contributed by atoms with E-state index in [4.69, 9.17) is 0 Å². The van der Waals surface area contributed by atoms with Gasteiger partial charge in [0.25, 0.3) is 0 Å². The van der Waals surface area contributed by atoms with Gasteiger partial charge in [0.05, 0.1) is 11.2 Å². The molecule has 0 aliphatic carbocycles. The van der Waals surface area contributed by atoms with E-state index in [0.29, 0.717) is 0 Å². The molecular formula is C14H8N2. The monoisotopic (exact) mass is 204 g/mol. The number of benzene rings is 1. The molecule has 0 aliphatic rings. The fraction of sp³-hybridized carbons (Fsp3) is 0. The minimum Gasteiger partial charge on any atom is -0.236 e. The van der Waals surface area contributed by atoms with Crippen LogP contribution in [0, 0.1) is 12.1 Å². The summed E-state index contributed by atoms with van der Waals surface area (Å²) in [7, 11) is 0. The van der Waals surface area contributed by atoms with Crippen molar-refractivity contribution in [2.75, 3.05) is 0 Å². The van der Waals surface area contributed by atoms with Crippen molar-refractivity contribution >= 4 is 10.9 Å². The van der Waals surface area contributed by atoms with Crippen molar-refractivity contribution in [1.82, 2.24) is 9.97 Å². The average molecular weight is 204 g/mol. The second-order valence-corrected chi connectivity index (χ2v) is 3.46. The van der Waals surface area contributed by atoms with Gasteiger partial charge in [0.15, 0.2) is 0 Å². The van der Waals surface area contributed by atoms with Crippen LogP contribution in [0.4, 0.5) is 0 Å². The van der Waals surface area contributed by atoms with Crippen LogP contribution in [0.2, 0.25) is 0 Å². The van der Waals surface area contributed by atoms with Gasteiger partial charge < -0.3 is 0 Å². The van der Waals surface area contributed by atoms with E-state index in [-0.39, 0.29) is 0 Å². The quantitative estimate of drug-likeness (QED) is 0.609. The van der Waals surface area contributed by atoms with Gasteiger partial charge in [0, 0.05) is 10.9 Å². The molecule has 0 amide bonds. The zero-order valence-electron chi connectivity index (χ0n) is 8.51. The first-order valence-corrected chi connectivity index (χ1v) is 5.03. The fourth-order valence-corrected chi connectivity index (χ4v) is 1.73. The van der Waals surface area contributed by atoms with Gasteiger partial charge in [-0.3, -0.25) is 0 Å². The zero-order valence-corrected chi connectivity index (χ0v) is 8.51. The molecule has 2 aromatic carbocycles. The Morgan fingerprint density at radius 1 is 0.938 bits per heavy atom. The topological polar surface area (TPSA) is 25.8 Å². The Kier molecular flexibility index (Phi) is 2.02. The fourth-order valence-electron chi connectivity index (χ4n) is 1.73. The van der Waals surface area contributed by atoms with E-state index in [9.17, 15) is 0 Å². The molecule has 0 N–H and O–H groups in total. The molecule has 1 heterocycles. The third-order valence-corrected chi connectivity index (χ3v) is 2.47. The van der Waals surface area contributed by atoms with Crippen molar-refractivity contribution in [2.24, 2.45) is 0 Å². The second-order valence-electron chi connectivity index (χ2n) is 3.46. The summed E-state index contributed by atoms with van der Waals surface area (Å²) < 4.78 is 0.